The Morgan fingerprint density at radius 3 is 2.67 bits per heavy atom. The zero-order valence-electron chi connectivity index (χ0n) is 10.5. The molecule has 0 aromatic heterocycles. The quantitative estimate of drug-likeness (QED) is 0.730. The van der Waals surface area contributed by atoms with E-state index in [1.54, 1.807) is 24.3 Å². The maximum atomic E-state index is 12.0. The first-order chi connectivity index (χ1) is 8.53. The van der Waals surface area contributed by atoms with Crippen molar-refractivity contribution in [3.05, 3.63) is 29.8 Å². The summed E-state index contributed by atoms with van der Waals surface area (Å²) in [5.41, 5.74) is 0.743. The molecule has 1 aromatic carbocycles. The number of anilines is 1. The van der Waals surface area contributed by atoms with E-state index in [4.69, 9.17) is 10.00 Å². The summed E-state index contributed by atoms with van der Waals surface area (Å²) in [6.45, 7) is 0.396. The number of nitrogens with zero attached hydrogens (tertiary/aromatic N) is 2. The van der Waals surface area contributed by atoms with E-state index in [-0.39, 0.29) is 5.75 Å². The smallest absolute Gasteiger partial charge is 0.235 e. The third-order valence-corrected chi connectivity index (χ3v) is 4.37. The molecule has 6 heteroatoms. The van der Waals surface area contributed by atoms with E-state index in [1.807, 2.05) is 6.07 Å². The van der Waals surface area contributed by atoms with Crippen LogP contribution in [-0.2, 0) is 14.8 Å². The highest BCUT2D eigenvalue weighted by Gasteiger charge is 2.20. The average molecular weight is 268 g/mol. The second-order valence-electron chi connectivity index (χ2n) is 3.76. The van der Waals surface area contributed by atoms with E-state index < -0.39 is 10.0 Å². The lowest BCUT2D eigenvalue weighted by Gasteiger charge is -2.20. The van der Waals surface area contributed by atoms with Crippen molar-refractivity contribution in [3.8, 4) is 6.07 Å². The number of rotatable bonds is 6. The molecule has 0 saturated carbocycles. The monoisotopic (exact) mass is 268 g/mol. The van der Waals surface area contributed by atoms with E-state index in [9.17, 15) is 8.42 Å². The molecule has 0 saturated heterocycles. The molecule has 0 aliphatic rings. The van der Waals surface area contributed by atoms with Gasteiger partial charge in [-0.05, 0) is 18.6 Å². The lowest BCUT2D eigenvalue weighted by Crippen LogP contribution is -2.30. The fraction of sp³-hybridized carbons (Fsp3) is 0.417. The van der Waals surface area contributed by atoms with Crippen LogP contribution in [0.2, 0.25) is 0 Å². The van der Waals surface area contributed by atoms with Gasteiger partial charge in [-0.3, -0.25) is 4.31 Å². The number of nitriles is 1. The van der Waals surface area contributed by atoms with Crippen LogP contribution in [0, 0.1) is 11.3 Å². The largest absolute Gasteiger partial charge is 0.385 e. The molecule has 0 amide bonds. The predicted octanol–water partition coefficient (Wildman–Crippen LogP) is 1.36. The van der Waals surface area contributed by atoms with Crippen LogP contribution in [0.15, 0.2) is 24.3 Å². The molecule has 0 aliphatic heterocycles. The average Bonchev–Trinajstić information content (AvgIpc) is 2.38. The Balaban J connectivity index is 2.93. The fourth-order valence-electron chi connectivity index (χ4n) is 1.52. The zero-order chi connectivity index (χ0) is 13.6. The maximum Gasteiger partial charge on any atom is 0.235 e. The molecule has 18 heavy (non-hydrogen) atoms. The van der Waals surface area contributed by atoms with Crippen molar-refractivity contribution < 1.29 is 13.2 Å². The lowest BCUT2D eigenvalue weighted by molar-refractivity contribution is 0.199. The maximum absolute atomic E-state index is 12.0. The zero-order valence-corrected chi connectivity index (χ0v) is 11.3. The minimum atomic E-state index is -3.42. The number of methoxy groups -OCH3 is 1. The molecule has 98 valence electrons. The Bertz CT molecular complexity index is 534. The minimum absolute atomic E-state index is 0.00287. The van der Waals surface area contributed by atoms with E-state index in [1.165, 1.54) is 14.2 Å². The van der Waals surface area contributed by atoms with Gasteiger partial charge in [0, 0.05) is 20.8 Å². The number of hydrogen-bond donors (Lipinski definition) is 0. The van der Waals surface area contributed by atoms with Gasteiger partial charge in [0.2, 0.25) is 10.0 Å². The van der Waals surface area contributed by atoms with Gasteiger partial charge in [-0.15, -0.1) is 0 Å². The van der Waals surface area contributed by atoms with Crippen LogP contribution in [0.1, 0.15) is 12.0 Å². The van der Waals surface area contributed by atoms with Gasteiger partial charge in [-0.25, -0.2) is 8.42 Å². The van der Waals surface area contributed by atoms with Crippen LogP contribution in [0.3, 0.4) is 0 Å². The van der Waals surface area contributed by atoms with Gasteiger partial charge >= 0.3 is 0 Å². The molecule has 0 spiro atoms. The normalized spacial score (nSPS) is 10.9. The summed E-state index contributed by atoms with van der Waals surface area (Å²) in [6, 6.07) is 8.60. The summed E-state index contributed by atoms with van der Waals surface area (Å²) >= 11 is 0. The Morgan fingerprint density at radius 2 is 2.06 bits per heavy atom. The number of hydrogen-bond acceptors (Lipinski definition) is 4. The van der Waals surface area contributed by atoms with Gasteiger partial charge in [0.15, 0.2) is 0 Å². The summed E-state index contributed by atoms with van der Waals surface area (Å²) in [7, 11) is -0.430. The summed E-state index contributed by atoms with van der Waals surface area (Å²) in [4.78, 5) is 0. The molecule has 0 bridgehead atoms. The summed E-state index contributed by atoms with van der Waals surface area (Å²) in [5.74, 6) is -0.00287. The number of para-hydroxylation sites is 1. The highest BCUT2D eigenvalue weighted by molar-refractivity contribution is 7.92. The molecule has 0 aliphatic carbocycles. The summed E-state index contributed by atoms with van der Waals surface area (Å²) < 4.78 is 30.1. The predicted molar refractivity (Wildman–Crippen MR) is 69.8 cm³/mol. The van der Waals surface area contributed by atoms with Crippen LogP contribution in [0.25, 0.3) is 0 Å². The highest BCUT2D eigenvalue weighted by atomic mass is 32.2. The van der Waals surface area contributed by atoms with Crippen molar-refractivity contribution in [2.24, 2.45) is 0 Å². The van der Waals surface area contributed by atoms with E-state index in [0.29, 0.717) is 24.3 Å². The van der Waals surface area contributed by atoms with Crippen molar-refractivity contribution in [1.82, 2.24) is 0 Å². The van der Waals surface area contributed by atoms with Gasteiger partial charge in [0.25, 0.3) is 0 Å². The van der Waals surface area contributed by atoms with Crippen LogP contribution < -0.4 is 4.31 Å². The molecule has 0 fully saturated rings. The number of ether oxygens (including phenoxy) is 1. The van der Waals surface area contributed by atoms with Crippen LogP contribution in [0.4, 0.5) is 5.69 Å². The molecular formula is C12H16N2O3S. The van der Waals surface area contributed by atoms with Gasteiger partial charge in [0.05, 0.1) is 17.0 Å². The first kappa shape index (κ1) is 14.5. The standard InChI is InChI=1S/C12H16N2O3S/c1-14(18(15,16)9-5-8-17-2)12-7-4-3-6-11(12)10-13/h3-4,6-7H,5,8-9H2,1-2H3. The van der Waals surface area contributed by atoms with Gasteiger partial charge in [-0.1, -0.05) is 12.1 Å². The van der Waals surface area contributed by atoms with Gasteiger partial charge in [-0.2, -0.15) is 5.26 Å². The van der Waals surface area contributed by atoms with Crippen molar-refractivity contribution >= 4 is 15.7 Å². The van der Waals surface area contributed by atoms with Crippen molar-refractivity contribution in [3.63, 3.8) is 0 Å². The van der Waals surface area contributed by atoms with Gasteiger partial charge < -0.3 is 4.74 Å². The Hall–Kier alpha value is -1.58. The molecule has 0 unspecified atom stereocenters. The summed E-state index contributed by atoms with van der Waals surface area (Å²) in [5, 5.41) is 8.96. The van der Waals surface area contributed by atoms with Crippen LogP contribution >= 0.6 is 0 Å². The van der Waals surface area contributed by atoms with Crippen LogP contribution in [0.5, 0.6) is 0 Å². The molecule has 0 atom stereocenters. The Labute approximate surface area is 108 Å². The van der Waals surface area contributed by atoms with Crippen LogP contribution in [-0.4, -0.2) is 34.9 Å². The molecule has 0 heterocycles. The second-order valence-corrected chi connectivity index (χ2v) is 5.88. The third-order valence-electron chi connectivity index (χ3n) is 2.53. The summed E-state index contributed by atoms with van der Waals surface area (Å²) in [6.07, 6.45) is 0.428. The van der Waals surface area contributed by atoms with Crippen molar-refractivity contribution in [2.45, 2.75) is 6.42 Å². The lowest BCUT2D eigenvalue weighted by atomic mass is 10.2. The molecule has 1 aromatic rings. The SMILES string of the molecule is COCCCS(=O)(=O)N(C)c1ccccc1C#N. The fourth-order valence-corrected chi connectivity index (χ4v) is 2.73. The third kappa shape index (κ3) is 3.45. The molecule has 5 nitrogen and oxygen atoms in total. The number of benzene rings is 1. The van der Waals surface area contributed by atoms with Gasteiger partial charge in [0.1, 0.15) is 6.07 Å². The molecule has 0 N–H and O–H groups in total. The first-order valence-corrected chi connectivity index (χ1v) is 7.08. The van der Waals surface area contributed by atoms with E-state index >= 15 is 0 Å². The van der Waals surface area contributed by atoms with E-state index in [2.05, 4.69) is 0 Å². The Kier molecular flexibility index (Phi) is 5.13. The molecule has 0 radical (unpaired) electrons. The van der Waals surface area contributed by atoms with E-state index in [0.717, 1.165) is 4.31 Å². The topological polar surface area (TPSA) is 70.4 Å². The molecule has 1 rings (SSSR count). The van der Waals surface area contributed by atoms with Crippen molar-refractivity contribution in [2.75, 3.05) is 30.8 Å². The first-order valence-electron chi connectivity index (χ1n) is 5.47. The number of sulfonamides is 1. The Morgan fingerprint density at radius 1 is 1.39 bits per heavy atom. The minimum Gasteiger partial charge on any atom is -0.385 e. The molecular weight excluding hydrogens is 252 g/mol. The van der Waals surface area contributed by atoms with Crippen molar-refractivity contribution in [1.29, 1.82) is 5.26 Å². The highest BCUT2D eigenvalue weighted by Crippen LogP contribution is 2.21. The second kappa shape index (κ2) is 6.38.